The maximum atomic E-state index is 5.71. The van der Waals surface area contributed by atoms with Crippen molar-refractivity contribution in [2.24, 2.45) is 10.7 Å². The summed E-state index contributed by atoms with van der Waals surface area (Å²) in [4.78, 5) is 4.45. The zero-order chi connectivity index (χ0) is 10.3. The minimum Gasteiger partial charge on any atom is -0.387 e. The highest BCUT2D eigenvalue weighted by molar-refractivity contribution is 7.17. The average Bonchev–Trinajstić information content (AvgIpc) is 2.84. The van der Waals surface area contributed by atoms with Crippen LogP contribution in [0, 0.1) is 0 Å². The monoisotopic (exact) mass is 216 g/mol. The van der Waals surface area contributed by atoms with Gasteiger partial charge in [0.25, 0.3) is 0 Å². The van der Waals surface area contributed by atoms with Gasteiger partial charge in [0.05, 0.1) is 11.9 Å². The van der Waals surface area contributed by atoms with E-state index in [1.54, 1.807) is 11.3 Å². The molecule has 2 nitrogen and oxygen atoms in total. The lowest BCUT2D eigenvalue weighted by atomic mass is 10.0. The lowest BCUT2D eigenvalue weighted by Crippen LogP contribution is -2.05. The number of nitrogens with zero attached hydrogens (tertiary/aromatic N) is 1. The van der Waals surface area contributed by atoms with Gasteiger partial charge in [0.1, 0.15) is 0 Å². The minimum atomic E-state index is 0.286. The first kappa shape index (κ1) is 8.92. The second-order valence-electron chi connectivity index (χ2n) is 3.89. The Morgan fingerprint density at radius 3 is 3.07 bits per heavy atom. The van der Waals surface area contributed by atoms with Gasteiger partial charge in [0.2, 0.25) is 0 Å². The Hall–Kier alpha value is -1.35. The van der Waals surface area contributed by atoms with E-state index in [-0.39, 0.29) is 6.04 Å². The van der Waals surface area contributed by atoms with E-state index in [2.05, 4.69) is 34.6 Å². The highest BCUT2D eigenvalue weighted by Crippen LogP contribution is 2.31. The number of benzene rings is 1. The van der Waals surface area contributed by atoms with Gasteiger partial charge in [-0.3, -0.25) is 4.99 Å². The first-order valence-electron chi connectivity index (χ1n) is 5.12. The topological polar surface area (TPSA) is 38.4 Å². The molecule has 1 atom stereocenters. The molecule has 0 aliphatic carbocycles. The Morgan fingerprint density at radius 2 is 2.27 bits per heavy atom. The molecule has 15 heavy (non-hydrogen) atoms. The van der Waals surface area contributed by atoms with Gasteiger partial charge in [0.15, 0.2) is 0 Å². The third-order valence-corrected chi connectivity index (χ3v) is 3.75. The summed E-state index contributed by atoms with van der Waals surface area (Å²) in [7, 11) is 0. The Bertz CT molecular complexity index is 527. The van der Waals surface area contributed by atoms with Gasteiger partial charge < -0.3 is 5.73 Å². The molecular formula is C12H12N2S. The molecule has 0 saturated carbocycles. The number of hydrogen-bond acceptors (Lipinski definition) is 3. The number of rotatable bonds is 1. The van der Waals surface area contributed by atoms with Gasteiger partial charge in [-0.25, -0.2) is 0 Å². The maximum absolute atomic E-state index is 5.71. The number of hydrogen-bond donors (Lipinski definition) is 1. The lowest BCUT2D eigenvalue weighted by molar-refractivity contribution is 0.724. The van der Waals surface area contributed by atoms with E-state index in [0.717, 1.165) is 18.7 Å². The van der Waals surface area contributed by atoms with E-state index < -0.39 is 0 Å². The molecule has 0 saturated heterocycles. The molecule has 76 valence electrons. The smallest absolute Gasteiger partial charge is 0.0945 e. The molecule has 0 spiro atoms. The number of thiophene rings is 1. The van der Waals surface area contributed by atoms with E-state index >= 15 is 0 Å². The molecule has 0 radical (unpaired) electrons. The van der Waals surface area contributed by atoms with Crippen molar-refractivity contribution in [3.8, 4) is 0 Å². The van der Waals surface area contributed by atoms with Crippen LogP contribution in [0.15, 0.2) is 34.6 Å². The fourth-order valence-corrected chi connectivity index (χ4v) is 2.82. The summed E-state index contributed by atoms with van der Waals surface area (Å²) in [6.07, 6.45) is 1.99. The van der Waals surface area contributed by atoms with Crippen LogP contribution in [0.4, 0.5) is 0 Å². The zero-order valence-corrected chi connectivity index (χ0v) is 9.13. The van der Waals surface area contributed by atoms with E-state index in [1.807, 2.05) is 0 Å². The normalized spacial score (nSPS) is 20.8. The summed E-state index contributed by atoms with van der Waals surface area (Å²) in [5.41, 5.74) is 7.00. The van der Waals surface area contributed by atoms with Crippen molar-refractivity contribution in [2.45, 2.75) is 18.9 Å². The molecular weight excluding hydrogens is 204 g/mol. The fraction of sp³-hybridized carbons (Fsp3) is 0.250. The molecule has 0 amide bonds. The van der Waals surface area contributed by atoms with Gasteiger partial charge >= 0.3 is 0 Å². The predicted octanol–water partition coefficient (Wildman–Crippen LogP) is 3.09. The van der Waals surface area contributed by atoms with E-state index in [1.165, 1.54) is 15.6 Å². The van der Waals surface area contributed by atoms with Gasteiger partial charge in [-0.05, 0) is 40.9 Å². The Kier molecular flexibility index (Phi) is 1.99. The van der Waals surface area contributed by atoms with Crippen molar-refractivity contribution in [1.82, 2.24) is 0 Å². The fourth-order valence-electron chi connectivity index (χ4n) is 2.05. The molecule has 1 aliphatic rings. The highest BCUT2D eigenvalue weighted by atomic mass is 32.1. The molecule has 0 fully saturated rings. The van der Waals surface area contributed by atoms with Crippen molar-refractivity contribution >= 4 is 27.3 Å². The molecule has 0 bridgehead atoms. The third kappa shape index (κ3) is 1.53. The van der Waals surface area contributed by atoms with Crippen molar-refractivity contribution in [1.29, 1.82) is 0 Å². The summed E-state index contributed by atoms with van der Waals surface area (Å²) in [6, 6.07) is 9.03. The number of aliphatic imine (C=N–C) groups is 1. The van der Waals surface area contributed by atoms with Gasteiger partial charge in [-0.15, -0.1) is 11.3 Å². The first-order chi connectivity index (χ1) is 7.33. The minimum absolute atomic E-state index is 0.286. The van der Waals surface area contributed by atoms with Crippen molar-refractivity contribution in [3.63, 3.8) is 0 Å². The van der Waals surface area contributed by atoms with Crippen LogP contribution >= 0.6 is 11.3 Å². The van der Waals surface area contributed by atoms with Gasteiger partial charge in [-0.1, -0.05) is 6.07 Å². The third-order valence-electron chi connectivity index (χ3n) is 2.86. The average molecular weight is 216 g/mol. The molecule has 2 aromatic rings. The second kappa shape index (κ2) is 3.35. The molecule has 1 aliphatic heterocycles. The Morgan fingerprint density at radius 1 is 1.33 bits per heavy atom. The van der Waals surface area contributed by atoms with Crippen LogP contribution in [-0.2, 0) is 0 Å². The lowest BCUT2D eigenvalue weighted by Gasteiger charge is -2.06. The number of amidine groups is 1. The SMILES string of the molecule is NC1=NC(c2ccc3sccc3c2)CC1. The predicted molar refractivity (Wildman–Crippen MR) is 65.4 cm³/mol. The van der Waals surface area contributed by atoms with E-state index in [9.17, 15) is 0 Å². The van der Waals surface area contributed by atoms with Crippen molar-refractivity contribution < 1.29 is 0 Å². The molecule has 1 unspecified atom stereocenters. The van der Waals surface area contributed by atoms with Crippen LogP contribution in [-0.4, -0.2) is 5.84 Å². The standard InChI is InChI=1S/C12H12N2S/c13-12-4-2-10(14-12)8-1-3-11-9(7-8)5-6-15-11/h1,3,5-7,10H,2,4H2,(H2,13,14). The molecule has 3 rings (SSSR count). The summed E-state index contributed by atoms with van der Waals surface area (Å²) in [6.45, 7) is 0. The van der Waals surface area contributed by atoms with Crippen LogP contribution < -0.4 is 5.73 Å². The quantitative estimate of drug-likeness (QED) is 0.781. The molecule has 1 aromatic carbocycles. The van der Waals surface area contributed by atoms with Crippen molar-refractivity contribution in [2.75, 3.05) is 0 Å². The Labute approximate surface area is 92.4 Å². The molecule has 1 aromatic heterocycles. The van der Waals surface area contributed by atoms with Crippen LogP contribution in [0.1, 0.15) is 24.4 Å². The van der Waals surface area contributed by atoms with Crippen LogP contribution in [0.5, 0.6) is 0 Å². The van der Waals surface area contributed by atoms with Crippen molar-refractivity contribution in [3.05, 3.63) is 35.2 Å². The summed E-state index contributed by atoms with van der Waals surface area (Å²) < 4.78 is 1.34. The Balaban J connectivity index is 2.04. The summed E-state index contributed by atoms with van der Waals surface area (Å²) in [5, 5.41) is 3.44. The highest BCUT2D eigenvalue weighted by Gasteiger charge is 2.17. The zero-order valence-electron chi connectivity index (χ0n) is 8.31. The van der Waals surface area contributed by atoms with E-state index in [0.29, 0.717) is 0 Å². The first-order valence-corrected chi connectivity index (χ1v) is 6.00. The van der Waals surface area contributed by atoms with Crippen LogP contribution in [0.25, 0.3) is 10.1 Å². The van der Waals surface area contributed by atoms with Gasteiger partial charge in [-0.2, -0.15) is 0 Å². The van der Waals surface area contributed by atoms with Crippen LogP contribution in [0.2, 0.25) is 0 Å². The number of nitrogens with two attached hydrogens (primary N) is 1. The maximum Gasteiger partial charge on any atom is 0.0945 e. The number of fused-ring (bicyclic) bond motifs is 1. The summed E-state index contributed by atoms with van der Waals surface area (Å²) in [5.74, 6) is 0.797. The molecule has 2 heterocycles. The molecule has 3 heteroatoms. The largest absolute Gasteiger partial charge is 0.387 e. The second-order valence-corrected chi connectivity index (χ2v) is 4.84. The van der Waals surface area contributed by atoms with E-state index in [4.69, 9.17) is 5.73 Å². The van der Waals surface area contributed by atoms with Crippen LogP contribution in [0.3, 0.4) is 0 Å². The molecule has 2 N–H and O–H groups in total. The van der Waals surface area contributed by atoms with Gasteiger partial charge in [0, 0.05) is 11.1 Å². The summed E-state index contributed by atoms with van der Waals surface area (Å²) >= 11 is 1.78.